The summed E-state index contributed by atoms with van der Waals surface area (Å²) >= 11 is 0. The van der Waals surface area contributed by atoms with Gasteiger partial charge in [-0.2, -0.15) is 0 Å². The van der Waals surface area contributed by atoms with Crippen molar-refractivity contribution in [2.45, 2.75) is 45.8 Å². The molecule has 42 heavy (non-hydrogen) atoms. The molecule has 0 aliphatic carbocycles. The van der Waals surface area contributed by atoms with Crippen LogP contribution in [0.3, 0.4) is 0 Å². The van der Waals surface area contributed by atoms with Gasteiger partial charge in [0.15, 0.2) is 0 Å². The highest BCUT2D eigenvalue weighted by molar-refractivity contribution is 7.82. The molecule has 1 N–H and O–H groups in total. The maximum atomic E-state index is 12.6. The van der Waals surface area contributed by atoms with Gasteiger partial charge in [0.25, 0.3) is 0 Å². The number of halogens is 1. The predicted molar refractivity (Wildman–Crippen MR) is 159 cm³/mol. The van der Waals surface area contributed by atoms with E-state index in [4.69, 9.17) is 9.47 Å². The fourth-order valence-corrected chi connectivity index (χ4v) is 4.46. The Balaban J connectivity index is 0.000000291. The van der Waals surface area contributed by atoms with Crippen LogP contribution in [0.25, 0.3) is 0 Å². The molecule has 1 heterocycles. The van der Waals surface area contributed by atoms with Crippen molar-refractivity contribution in [2.75, 3.05) is 17.7 Å². The molecule has 0 spiro atoms. The average Bonchev–Trinajstić information content (AvgIpc) is 2.94. The summed E-state index contributed by atoms with van der Waals surface area (Å²) in [6, 6.07) is 20.6. The van der Waals surface area contributed by atoms with Gasteiger partial charge in [-0.15, -0.1) is 0 Å². The summed E-state index contributed by atoms with van der Waals surface area (Å²) in [7, 11) is -1.08. The largest absolute Gasteiger partial charge is 0.458 e. The number of esters is 2. The predicted octanol–water partition coefficient (Wildman–Crippen LogP) is 5.16. The molecule has 8 nitrogen and oxygen atoms in total. The third kappa shape index (κ3) is 9.65. The molecule has 1 saturated heterocycles. The van der Waals surface area contributed by atoms with Gasteiger partial charge in [-0.1, -0.05) is 43.0 Å². The highest BCUT2D eigenvalue weighted by Gasteiger charge is 2.38. The summed E-state index contributed by atoms with van der Waals surface area (Å²) in [6.45, 7) is 4.99. The van der Waals surface area contributed by atoms with Crippen molar-refractivity contribution in [3.8, 4) is 17.6 Å². The number of benzene rings is 3. The SMILES string of the molecule is CC(=O)Oc1ccc([C@@H]2CC(=O)N2c2ccc(C#CCNS(C)=O)cc2)cc1.CCC(OC(C)=O)c1ccc(F)cc1. The Bertz CT molecular complexity index is 1460. The summed E-state index contributed by atoms with van der Waals surface area (Å²) in [4.78, 5) is 35.7. The van der Waals surface area contributed by atoms with Gasteiger partial charge in [-0.05, 0) is 66.1 Å². The second-order valence-electron chi connectivity index (χ2n) is 9.33. The van der Waals surface area contributed by atoms with Crippen LogP contribution in [0.15, 0.2) is 72.8 Å². The van der Waals surface area contributed by atoms with Crippen molar-refractivity contribution >= 4 is 34.5 Å². The monoisotopic (exact) mass is 592 g/mol. The van der Waals surface area contributed by atoms with Crippen molar-refractivity contribution in [3.05, 3.63) is 95.3 Å². The zero-order chi connectivity index (χ0) is 30.6. The highest BCUT2D eigenvalue weighted by atomic mass is 32.2. The quantitative estimate of drug-likeness (QED) is 0.168. The van der Waals surface area contributed by atoms with Gasteiger partial charge in [0.1, 0.15) is 17.7 Å². The molecule has 0 bridgehead atoms. The lowest BCUT2D eigenvalue weighted by Gasteiger charge is -2.40. The van der Waals surface area contributed by atoms with E-state index in [-0.39, 0.29) is 35.8 Å². The Morgan fingerprint density at radius 2 is 1.67 bits per heavy atom. The molecular weight excluding hydrogens is 559 g/mol. The molecule has 3 atom stereocenters. The first-order valence-electron chi connectivity index (χ1n) is 13.3. The molecule has 10 heteroatoms. The second-order valence-corrected chi connectivity index (χ2v) is 10.5. The smallest absolute Gasteiger partial charge is 0.308 e. The molecule has 1 fully saturated rings. The summed E-state index contributed by atoms with van der Waals surface area (Å²) in [6.07, 6.45) is 2.41. The number of carbonyl (C=O) groups is 3. The normalized spacial score (nSPS) is 15.1. The molecule has 3 aromatic rings. The maximum Gasteiger partial charge on any atom is 0.308 e. The lowest BCUT2D eigenvalue weighted by Crippen LogP contribution is -2.46. The van der Waals surface area contributed by atoms with Crippen LogP contribution in [0, 0.1) is 17.7 Å². The molecular formula is C32H33FN2O6S. The lowest BCUT2D eigenvalue weighted by molar-refractivity contribution is -0.147. The molecule has 3 aromatic carbocycles. The van der Waals surface area contributed by atoms with Crippen LogP contribution in [0.5, 0.6) is 5.75 Å². The van der Waals surface area contributed by atoms with Crippen LogP contribution in [-0.2, 0) is 30.1 Å². The van der Waals surface area contributed by atoms with Crippen molar-refractivity contribution in [1.82, 2.24) is 4.72 Å². The lowest BCUT2D eigenvalue weighted by atomic mass is 9.93. The first-order chi connectivity index (χ1) is 20.1. The van der Waals surface area contributed by atoms with Gasteiger partial charge < -0.3 is 14.4 Å². The first kappa shape index (κ1) is 32.2. The van der Waals surface area contributed by atoms with Gasteiger partial charge in [-0.25, -0.2) is 13.3 Å². The number of nitrogens with zero attached hydrogens (tertiary/aromatic N) is 1. The number of ether oxygens (including phenoxy) is 2. The van der Waals surface area contributed by atoms with Crippen molar-refractivity contribution in [2.24, 2.45) is 0 Å². The van der Waals surface area contributed by atoms with Crippen molar-refractivity contribution < 1.29 is 32.5 Å². The number of amides is 1. The average molecular weight is 593 g/mol. The fourth-order valence-electron chi connectivity index (χ4n) is 4.19. The minimum Gasteiger partial charge on any atom is -0.458 e. The van der Waals surface area contributed by atoms with E-state index in [9.17, 15) is 23.0 Å². The van der Waals surface area contributed by atoms with Crippen molar-refractivity contribution in [3.63, 3.8) is 0 Å². The molecule has 2 unspecified atom stereocenters. The van der Waals surface area contributed by atoms with E-state index in [1.54, 1.807) is 35.4 Å². The Morgan fingerprint density at radius 3 is 2.19 bits per heavy atom. The first-order valence-corrected chi connectivity index (χ1v) is 14.8. The van der Waals surface area contributed by atoms with E-state index in [0.29, 0.717) is 25.1 Å². The van der Waals surface area contributed by atoms with Gasteiger partial charge >= 0.3 is 11.9 Å². The maximum absolute atomic E-state index is 12.6. The van der Waals surface area contributed by atoms with E-state index >= 15 is 0 Å². The van der Waals surface area contributed by atoms with Gasteiger partial charge in [0.05, 0.1) is 30.0 Å². The molecule has 220 valence electrons. The molecule has 1 aliphatic heterocycles. The minimum absolute atomic E-state index is 0.0421. The van der Waals surface area contributed by atoms with Gasteiger partial charge in [-0.3, -0.25) is 14.4 Å². The van der Waals surface area contributed by atoms with Crippen LogP contribution in [0.4, 0.5) is 10.1 Å². The van der Waals surface area contributed by atoms with Crippen LogP contribution >= 0.6 is 0 Å². The molecule has 4 rings (SSSR count). The van der Waals surface area contributed by atoms with Crippen molar-refractivity contribution in [1.29, 1.82) is 0 Å². The fraction of sp³-hybridized carbons (Fsp3) is 0.281. The van der Waals surface area contributed by atoms with Gasteiger partial charge in [0, 0.05) is 31.4 Å². The zero-order valence-corrected chi connectivity index (χ0v) is 24.7. The standard InChI is InChI=1S/C21H20N2O4S.C11H13FO2/c1-15(24)27-19-11-7-17(8-12-19)20-14-21(25)23(20)18-9-5-16(6-10-18)4-3-13-22-28(2)26;1-3-11(14-8(2)13)9-4-6-10(12)7-5-9/h5-12,20,22H,13-14H2,1-2H3;4-7,11H,3H2,1-2H3/t20-,28?;/m0./s1. The Kier molecular flexibility index (Phi) is 12.0. The Labute approximate surface area is 247 Å². The molecule has 0 saturated carbocycles. The van der Waals surface area contributed by atoms with Gasteiger partial charge in [0.2, 0.25) is 5.91 Å². The van der Waals surface area contributed by atoms with Crippen LogP contribution in [-0.4, -0.2) is 34.9 Å². The second kappa shape index (κ2) is 15.6. The van der Waals surface area contributed by atoms with E-state index in [1.807, 2.05) is 43.3 Å². The summed E-state index contributed by atoms with van der Waals surface area (Å²) in [5.74, 6) is 5.46. The number of anilines is 1. The van der Waals surface area contributed by atoms with E-state index in [1.165, 1.54) is 26.0 Å². The third-order valence-electron chi connectivity index (χ3n) is 6.14. The summed E-state index contributed by atoms with van der Waals surface area (Å²) < 4.78 is 36.4. The molecule has 1 amide bonds. The highest BCUT2D eigenvalue weighted by Crippen LogP contribution is 2.39. The number of β-lactam (4-membered cyclic amide) rings is 1. The van der Waals surface area contributed by atoms with E-state index in [0.717, 1.165) is 22.4 Å². The number of hydrogen-bond acceptors (Lipinski definition) is 6. The number of carbonyl (C=O) groups excluding carboxylic acids is 3. The summed E-state index contributed by atoms with van der Waals surface area (Å²) in [5.41, 5.74) is 3.44. The third-order valence-corrected chi connectivity index (χ3v) is 6.69. The van der Waals surface area contributed by atoms with E-state index in [2.05, 4.69) is 16.6 Å². The number of nitrogens with one attached hydrogen (secondary N) is 1. The van der Waals surface area contributed by atoms with Crippen LogP contribution in [0.1, 0.15) is 62.4 Å². The number of hydrogen-bond donors (Lipinski definition) is 1. The molecule has 0 radical (unpaired) electrons. The van der Waals surface area contributed by atoms with Crippen LogP contribution < -0.4 is 14.4 Å². The number of rotatable bonds is 8. The Hall–Kier alpha value is -4.33. The minimum atomic E-state index is -1.08. The molecule has 0 aromatic heterocycles. The zero-order valence-electron chi connectivity index (χ0n) is 23.9. The van der Waals surface area contributed by atoms with E-state index < -0.39 is 11.0 Å². The Morgan fingerprint density at radius 1 is 1.02 bits per heavy atom. The molecule has 1 aliphatic rings. The van der Waals surface area contributed by atoms with Crippen LogP contribution in [0.2, 0.25) is 0 Å². The summed E-state index contributed by atoms with van der Waals surface area (Å²) in [5, 5.41) is 0. The topological polar surface area (TPSA) is 102 Å².